The van der Waals surface area contributed by atoms with Gasteiger partial charge in [0.15, 0.2) is 11.6 Å². The van der Waals surface area contributed by atoms with Crippen molar-refractivity contribution in [3.63, 3.8) is 0 Å². The summed E-state index contributed by atoms with van der Waals surface area (Å²) in [7, 11) is 1.11. The van der Waals surface area contributed by atoms with Crippen LogP contribution in [0.3, 0.4) is 0 Å². The van der Waals surface area contributed by atoms with Gasteiger partial charge in [-0.1, -0.05) is 30.3 Å². The maximum absolute atomic E-state index is 14.6. The van der Waals surface area contributed by atoms with E-state index in [-0.39, 0.29) is 30.5 Å². The van der Waals surface area contributed by atoms with Gasteiger partial charge in [0.05, 0.1) is 31.2 Å². The predicted molar refractivity (Wildman–Crippen MR) is 116 cm³/mol. The van der Waals surface area contributed by atoms with Crippen molar-refractivity contribution in [1.29, 1.82) is 0 Å². The maximum Gasteiger partial charge on any atom is 0.343 e. The topological polar surface area (TPSA) is 83.8 Å². The van der Waals surface area contributed by atoms with E-state index < -0.39 is 46.4 Å². The molecule has 0 aliphatic rings. The minimum Gasteiger partial charge on any atom is -0.491 e. The highest BCUT2D eigenvalue weighted by Crippen LogP contribution is 2.33. The van der Waals surface area contributed by atoms with Gasteiger partial charge in [0, 0.05) is 12.6 Å². The second-order valence-corrected chi connectivity index (χ2v) is 7.06. The number of rotatable bonds is 8. The molecule has 0 unspecified atom stereocenters. The number of carbonyl (C=O) groups excluding carboxylic acids is 2. The summed E-state index contributed by atoms with van der Waals surface area (Å²) in [6.07, 6.45) is 1.19. The molecule has 0 aliphatic carbocycles. The summed E-state index contributed by atoms with van der Waals surface area (Å²) in [6, 6.07) is 8.47. The van der Waals surface area contributed by atoms with Crippen molar-refractivity contribution in [2.75, 3.05) is 20.3 Å². The molecule has 3 rings (SSSR count). The van der Waals surface area contributed by atoms with Crippen molar-refractivity contribution in [3.05, 3.63) is 75.6 Å². The van der Waals surface area contributed by atoms with E-state index in [1.165, 1.54) is 4.57 Å². The van der Waals surface area contributed by atoms with Crippen LogP contribution < -0.4 is 10.2 Å². The number of fused-ring (bicyclic) bond motifs is 1. The largest absolute Gasteiger partial charge is 0.491 e. The fourth-order valence-corrected chi connectivity index (χ4v) is 3.59. The number of halogens is 2. The van der Waals surface area contributed by atoms with Crippen LogP contribution in [-0.2, 0) is 20.7 Å². The van der Waals surface area contributed by atoms with Crippen LogP contribution in [0.1, 0.15) is 35.8 Å². The van der Waals surface area contributed by atoms with Crippen LogP contribution in [0.15, 0.2) is 47.4 Å². The molecule has 0 saturated carbocycles. The van der Waals surface area contributed by atoms with E-state index in [1.807, 2.05) is 0 Å². The van der Waals surface area contributed by atoms with Gasteiger partial charge in [0.2, 0.25) is 11.2 Å². The molecule has 2 aromatic carbocycles. The quantitative estimate of drug-likeness (QED) is 0.477. The van der Waals surface area contributed by atoms with E-state index in [2.05, 4.69) is 0 Å². The van der Waals surface area contributed by atoms with Crippen molar-refractivity contribution in [1.82, 2.24) is 4.57 Å². The average molecular weight is 459 g/mol. The van der Waals surface area contributed by atoms with Crippen LogP contribution in [0.5, 0.6) is 5.75 Å². The Bertz CT molecular complexity index is 1240. The van der Waals surface area contributed by atoms with Gasteiger partial charge in [-0.05, 0) is 25.5 Å². The minimum atomic E-state index is -1.33. The van der Waals surface area contributed by atoms with E-state index in [0.29, 0.717) is 6.07 Å². The molecule has 1 heterocycles. The zero-order chi connectivity index (χ0) is 24.1. The number of nitrogens with zero attached hydrogens (tertiary/aromatic N) is 1. The Morgan fingerprint density at radius 2 is 1.73 bits per heavy atom. The molecule has 7 nitrogen and oxygen atoms in total. The third-order valence-electron chi connectivity index (χ3n) is 5.03. The summed E-state index contributed by atoms with van der Waals surface area (Å²) >= 11 is 0. The number of hydrogen-bond donors (Lipinski definition) is 0. The average Bonchev–Trinajstić information content (AvgIpc) is 2.80. The molecule has 0 radical (unpaired) electrons. The number of hydrogen-bond acceptors (Lipinski definition) is 6. The number of esters is 2. The van der Waals surface area contributed by atoms with Crippen molar-refractivity contribution in [2.45, 2.75) is 26.3 Å². The van der Waals surface area contributed by atoms with E-state index in [0.717, 1.165) is 18.9 Å². The first-order chi connectivity index (χ1) is 15.8. The molecule has 0 aliphatic heterocycles. The highest BCUT2D eigenvalue weighted by atomic mass is 19.2. The van der Waals surface area contributed by atoms with Gasteiger partial charge in [-0.25, -0.2) is 14.0 Å². The second kappa shape index (κ2) is 10.2. The second-order valence-electron chi connectivity index (χ2n) is 7.06. The third kappa shape index (κ3) is 4.72. The first-order valence-electron chi connectivity index (χ1n) is 10.3. The lowest BCUT2D eigenvalue weighted by Gasteiger charge is -2.23. The Labute approximate surface area is 188 Å². The highest BCUT2D eigenvalue weighted by Gasteiger charge is 2.30. The smallest absolute Gasteiger partial charge is 0.343 e. The van der Waals surface area contributed by atoms with Crippen LogP contribution in [-0.4, -0.2) is 36.8 Å². The molecule has 174 valence electrons. The molecule has 0 spiro atoms. The molecular formula is C24H23F2NO6. The lowest BCUT2D eigenvalue weighted by Crippen LogP contribution is -2.29. The van der Waals surface area contributed by atoms with E-state index in [9.17, 15) is 23.2 Å². The Hall–Kier alpha value is -3.75. The Kier molecular flexibility index (Phi) is 7.42. The molecule has 1 aromatic heterocycles. The highest BCUT2D eigenvalue weighted by molar-refractivity contribution is 5.96. The molecular weight excluding hydrogens is 436 g/mol. The fraction of sp³-hybridized carbons (Fsp3) is 0.292. The first kappa shape index (κ1) is 23.9. The number of aromatic nitrogens is 1. The maximum atomic E-state index is 14.6. The monoisotopic (exact) mass is 459 g/mol. The van der Waals surface area contributed by atoms with Gasteiger partial charge < -0.3 is 18.8 Å². The predicted octanol–water partition coefficient (Wildman–Crippen LogP) is 3.81. The van der Waals surface area contributed by atoms with Crippen molar-refractivity contribution in [3.8, 4) is 5.75 Å². The molecule has 3 aromatic rings. The molecule has 0 amide bonds. The first-order valence-corrected chi connectivity index (χ1v) is 10.3. The molecule has 0 fully saturated rings. The van der Waals surface area contributed by atoms with E-state index >= 15 is 0 Å². The summed E-state index contributed by atoms with van der Waals surface area (Å²) in [5.74, 6) is -4.87. The molecule has 9 heteroatoms. The third-order valence-corrected chi connectivity index (χ3v) is 5.03. The fourth-order valence-electron chi connectivity index (χ4n) is 3.59. The van der Waals surface area contributed by atoms with Gasteiger partial charge in [-0.15, -0.1) is 0 Å². The lowest BCUT2D eigenvalue weighted by atomic mass is 10.0. The summed E-state index contributed by atoms with van der Waals surface area (Å²) in [6.45, 7) is 3.24. The molecule has 1 atom stereocenters. The van der Waals surface area contributed by atoms with Crippen LogP contribution in [0, 0.1) is 11.6 Å². The summed E-state index contributed by atoms with van der Waals surface area (Å²) < 4.78 is 45.4. The lowest BCUT2D eigenvalue weighted by molar-refractivity contribution is -0.147. The number of benzene rings is 2. The van der Waals surface area contributed by atoms with Crippen LogP contribution in [0.2, 0.25) is 0 Å². The molecule has 33 heavy (non-hydrogen) atoms. The summed E-state index contributed by atoms with van der Waals surface area (Å²) in [4.78, 5) is 38.5. The number of carbonyl (C=O) groups is 2. The van der Waals surface area contributed by atoms with Crippen LogP contribution in [0.4, 0.5) is 8.78 Å². The van der Waals surface area contributed by atoms with Gasteiger partial charge >= 0.3 is 11.9 Å². The van der Waals surface area contributed by atoms with E-state index in [1.54, 1.807) is 44.2 Å². The van der Waals surface area contributed by atoms with Crippen molar-refractivity contribution < 1.29 is 32.6 Å². The van der Waals surface area contributed by atoms with E-state index in [4.69, 9.17) is 14.2 Å². The molecule has 0 bridgehead atoms. The van der Waals surface area contributed by atoms with Crippen molar-refractivity contribution in [2.24, 2.45) is 0 Å². The van der Waals surface area contributed by atoms with Gasteiger partial charge in [-0.2, -0.15) is 4.39 Å². The summed E-state index contributed by atoms with van der Waals surface area (Å²) in [5, 5.41) is -0.335. The standard InChI is InChI=1S/C24H23F2NO6/c1-4-32-23(29)16-13-27(18(24(30)33-5-2)11-14-9-7-6-8-10-14)20-15(21(16)28)12-17(25)19(26)22(20)31-3/h6-10,12-13,18H,4-5,11H2,1-3H3/t18-/m0/s1. The van der Waals surface area contributed by atoms with Gasteiger partial charge in [0.25, 0.3) is 0 Å². The van der Waals surface area contributed by atoms with Gasteiger partial charge in [-0.3, -0.25) is 4.79 Å². The normalized spacial score (nSPS) is 11.8. The zero-order valence-electron chi connectivity index (χ0n) is 18.4. The van der Waals surface area contributed by atoms with Crippen LogP contribution in [0.25, 0.3) is 10.9 Å². The minimum absolute atomic E-state index is 0.0112. The molecule has 0 saturated heterocycles. The SMILES string of the molecule is CCOC(=O)c1cn([C@@H](Cc2ccccc2)C(=O)OCC)c2c(OC)c(F)c(F)cc2c1=O. The number of pyridine rings is 1. The zero-order valence-corrected chi connectivity index (χ0v) is 18.4. The Balaban J connectivity index is 2.40. The molecule has 0 N–H and O–H groups in total. The Morgan fingerprint density at radius 3 is 2.33 bits per heavy atom. The van der Waals surface area contributed by atoms with Gasteiger partial charge in [0.1, 0.15) is 11.6 Å². The summed E-state index contributed by atoms with van der Waals surface area (Å²) in [5.41, 5.74) is -0.746. The number of methoxy groups -OCH3 is 1. The number of ether oxygens (including phenoxy) is 3. The van der Waals surface area contributed by atoms with Crippen LogP contribution >= 0.6 is 0 Å². The van der Waals surface area contributed by atoms with Crippen molar-refractivity contribution >= 4 is 22.8 Å². The Morgan fingerprint density at radius 1 is 1.06 bits per heavy atom.